The van der Waals surface area contributed by atoms with Crippen molar-refractivity contribution in [2.45, 2.75) is 56.8 Å². The van der Waals surface area contributed by atoms with Crippen molar-refractivity contribution in [1.82, 2.24) is 19.8 Å². The number of hydrogen-bond donors (Lipinski definition) is 1. The first-order chi connectivity index (χ1) is 17.3. The molecule has 0 unspecified atom stereocenters. The van der Waals surface area contributed by atoms with Gasteiger partial charge in [-0.1, -0.05) is 12.1 Å². The van der Waals surface area contributed by atoms with Gasteiger partial charge in [0, 0.05) is 50.4 Å². The molecule has 0 aliphatic carbocycles. The molecular weight excluding hydrogens is 504 g/mol. The van der Waals surface area contributed by atoms with Gasteiger partial charge in [0.15, 0.2) is 5.69 Å². The molecule has 2 amide bonds. The number of benzene rings is 1. The topological polar surface area (TPSA) is 92.4 Å². The van der Waals surface area contributed by atoms with E-state index in [0.29, 0.717) is 5.56 Å². The van der Waals surface area contributed by atoms with Crippen LogP contribution in [0.4, 0.5) is 26.3 Å². The standard InChI is InChI=1S/C24H25F6N5O2/c25-15-3-1-14(2-4-15)9-19-32-18-12-34(8-6-17(18)22(33-19)24(28,29)30)21(37)10-16(31)11-35-13-23(26,27)7-5-20(35)36/h1-4,16H,5-13,31H2/t16-/m1/s1. The Kier molecular flexibility index (Phi) is 7.45. The predicted octanol–water partition coefficient (Wildman–Crippen LogP) is 3.09. The van der Waals surface area contributed by atoms with Crippen molar-refractivity contribution in [2.75, 3.05) is 19.6 Å². The Morgan fingerprint density at radius 3 is 2.51 bits per heavy atom. The molecule has 1 aromatic carbocycles. The SMILES string of the molecule is N[C@H](CC(=O)N1CCc2c(nc(Cc3ccc(F)cc3)nc2C(F)(F)F)C1)CN1CC(F)(F)CCC1=O. The fourth-order valence-corrected chi connectivity index (χ4v) is 4.55. The van der Waals surface area contributed by atoms with E-state index in [1.54, 1.807) is 0 Å². The lowest BCUT2D eigenvalue weighted by Gasteiger charge is -2.34. The summed E-state index contributed by atoms with van der Waals surface area (Å²) in [5.74, 6) is -4.58. The van der Waals surface area contributed by atoms with Crippen LogP contribution in [0.1, 0.15) is 47.6 Å². The van der Waals surface area contributed by atoms with Gasteiger partial charge in [0.05, 0.1) is 18.8 Å². The number of aromatic nitrogens is 2. The molecule has 1 fully saturated rings. The zero-order chi connectivity index (χ0) is 27.0. The number of likely N-dealkylation sites (tertiary alicyclic amines) is 1. The lowest BCUT2D eigenvalue weighted by atomic mass is 10.0. The molecule has 0 spiro atoms. The maximum absolute atomic E-state index is 13.8. The Bertz CT molecular complexity index is 1170. The molecule has 3 heterocycles. The Labute approximate surface area is 208 Å². The lowest BCUT2D eigenvalue weighted by molar-refractivity contribution is -0.148. The highest BCUT2D eigenvalue weighted by Gasteiger charge is 2.41. The van der Waals surface area contributed by atoms with Gasteiger partial charge in [0.2, 0.25) is 11.8 Å². The van der Waals surface area contributed by atoms with Crippen LogP contribution in [0.3, 0.4) is 0 Å². The van der Waals surface area contributed by atoms with Crippen molar-refractivity contribution in [2.24, 2.45) is 5.73 Å². The number of fused-ring (bicyclic) bond motifs is 1. The third kappa shape index (κ3) is 6.56. The number of carbonyl (C=O) groups excluding carboxylic acids is 2. The van der Waals surface area contributed by atoms with Crippen molar-refractivity contribution in [1.29, 1.82) is 0 Å². The number of nitrogens with zero attached hydrogens (tertiary/aromatic N) is 4. The third-order valence-electron chi connectivity index (χ3n) is 6.38. The number of carbonyl (C=O) groups is 2. The summed E-state index contributed by atoms with van der Waals surface area (Å²) in [4.78, 5) is 35.1. The van der Waals surface area contributed by atoms with Crippen molar-refractivity contribution >= 4 is 11.8 Å². The van der Waals surface area contributed by atoms with E-state index in [9.17, 15) is 35.9 Å². The largest absolute Gasteiger partial charge is 0.433 e. The van der Waals surface area contributed by atoms with E-state index in [0.717, 1.165) is 4.90 Å². The van der Waals surface area contributed by atoms with Gasteiger partial charge in [-0.25, -0.2) is 23.1 Å². The second-order valence-electron chi connectivity index (χ2n) is 9.37. The number of halogens is 6. The van der Waals surface area contributed by atoms with E-state index in [2.05, 4.69) is 9.97 Å². The molecule has 4 rings (SSSR count). The first-order valence-corrected chi connectivity index (χ1v) is 11.7. The second kappa shape index (κ2) is 10.3. The van der Waals surface area contributed by atoms with Gasteiger partial charge < -0.3 is 15.5 Å². The Hall–Kier alpha value is -3.22. The summed E-state index contributed by atoms with van der Waals surface area (Å²) in [6, 6.07) is 4.29. The third-order valence-corrected chi connectivity index (χ3v) is 6.38. The van der Waals surface area contributed by atoms with Crippen LogP contribution in [-0.2, 0) is 35.2 Å². The molecule has 1 aromatic heterocycles. The maximum atomic E-state index is 13.8. The first-order valence-electron chi connectivity index (χ1n) is 11.7. The molecule has 37 heavy (non-hydrogen) atoms. The predicted molar refractivity (Wildman–Crippen MR) is 119 cm³/mol. The smallest absolute Gasteiger partial charge is 0.336 e. The zero-order valence-corrected chi connectivity index (χ0v) is 19.7. The number of nitrogens with two attached hydrogens (primary N) is 1. The second-order valence-corrected chi connectivity index (χ2v) is 9.37. The van der Waals surface area contributed by atoms with Crippen LogP contribution in [0.15, 0.2) is 24.3 Å². The van der Waals surface area contributed by atoms with Gasteiger partial charge in [-0.2, -0.15) is 13.2 Å². The number of rotatable bonds is 6. The van der Waals surface area contributed by atoms with Gasteiger partial charge in [0.1, 0.15) is 11.6 Å². The number of alkyl halides is 5. The van der Waals surface area contributed by atoms with Gasteiger partial charge in [-0.05, 0) is 24.1 Å². The minimum atomic E-state index is -4.73. The van der Waals surface area contributed by atoms with E-state index < -0.39 is 54.4 Å². The quantitative estimate of drug-likeness (QED) is 0.581. The van der Waals surface area contributed by atoms with E-state index in [1.807, 2.05) is 0 Å². The fourth-order valence-electron chi connectivity index (χ4n) is 4.55. The van der Waals surface area contributed by atoms with Crippen LogP contribution in [0, 0.1) is 5.82 Å². The van der Waals surface area contributed by atoms with Crippen LogP contribution in [0.5, 0.6) is 0 Å². The van der Waals surface area contributed by atoms with Gasteiger partial charge in [-0.15, -0.1) is 0 Å². The zero-order valence-electron chi connectivity index (χ0n) is 19.7. The van der Waals surface area contributed by atoms with Crippen LogP contribution in [0.2, 0.25) is 0 Å². The van der Waals surface area contributed by atoms with Crippen molar-refractivity contribution in [3.63, 3.8) is 0 Å². The Morgan fingerprint density at radius 2 is 1.84 bits per heavy atom. The van der Waals surface area contributed by atoms with Crippen molar-refractivity contribution in [3.05, 3.63) is 58.4 Å². The number of amides is 2. The Morgan fingerprint density at radius 1 is 1.14 bits per heavy atom. The molecule has 7 nitrogen and oxygen atoms in total. The summed E-state index contributed by atoms with van der Waals surface area (Å²) in [6.07, 6.45) is -6.04. The normalized spacial score (nSPS) is 18.5. The molecule has 0 radical (unpaired) electrons. The molecule has 200 valence electrons. The average molecular weight is 529 g/mol. The summed E-state index contributed by atoms with van der Waals surface area (Å²) in [7, 11) is 0. The molecule has 13 heteroatoms. The molecule has 0 bridgehead atoms. The summed E-state index contributed by atoms with van der Waals surface area (Å²) >= 11 is 0. The lowest BCUT2D eigenvalue weighted by Crippen LogP contribution is -2.51. The van der Waals surface area contributed by atoms with Crippen molar-refractivity contribution in [3.8, 4) is 0 Å². The minimum absolute atomic E-state index is 0.0248. The molecule has 2 aliphatic rings. The highest BCUT2D eigenvalue weighted by atomic mass is 19.4. The summed E-state index contributed by atoms with van der Waals surface area (Å²) < 4.78 is 81.8. The van der Waals surface area contributed by atoms with Gasteiger partial charge in [-0.3, -0.25) is 9.59 Å². The van der Waals surface area contributed by atoms with E-state index >= 15 is 0 Å². The molecule has 1 atom stereocenters. The maximum Gasteiger partial charge on any atom is 0.433 e. The Balaban J connectivity index is 1.47. The fraction of sp³-hybridized carbons (Fsp3) is 0.500. The summed E-state index contributed by atoms with van der Waals surface area (Å²) in [6.45, 7) is -1.22. The number of hydrogen-bond acceptors (Lipinski definition) is 5. The molecule has 2 N–H and O–H groups in total. The molecule has 0 saturated carbocycles. The van der Waals surface area contributed by atoms with Crippen LogP contribution in [0.25, 0.3) is 0 Å². The molecule has 2 aromatic rings. The van der Waals surface area contributed by atoms with Crippen LogP contribution < -0.4 is 5.73 Å². The van der Waals surface area contributed by atoms with Crippen LogP contribution >= 0.6 is 0 Å². The van der Waals surface area contributed by atoms with E-state index in [1.165, 1.54) is 29.2 Å². The van der Waals surface area contributed by atoms with Gasteiger partial charge >= 0.3 is 6.18 Å². The minimum Gasteiger partial charge on any atom is -0.336 e. The molecule has 1 saturated heterocycles. The van der Waals surface area contributed by atoms with E-state index in [4.69, 9.17) is 5.73 Å². The van der Waals surface area contributed by atoms with Crippen molar-refractivity contribution < 1.29 is 35.9 Å². The molecular formula is C24H25F6N5O2. The highest BCUT2D eigenvalue weighted by Crippen LogP contribution is 2.34. The van der Waals surface area contributed by atoms with Gasteiger partial charge in [0.25, 0.3) is 5.92 Å². The summed E-state index contributed by atoms with van der Waals surface area (Å²) in [5, 5.41) is 0. The summed E-state index contributed by atoms with van der Waals surface area (Å²) in [5.41, 5.74) is 5.38. The van der Waals surface area contributed by atoms with Crippen LogP contribution in [-0.4, -0.2) is 63.2 Å². The van der Waals surface area contributed by atoms with E-state index in [-0.39, 0.29) is 62.4 Å². The highest BCUT2D eigenvalue weighted by molar-refractivity contribution is 5.78. The monoisotopic (exact) mass is 529 g/mol. The molecule has 2 aliphatic heterocycles. The first kappa shape index (κ1) is 26.8. The number of piperidine rings is 1. The average Bonchev–Trinajstić information content (AvgIpc) is 2.81.